The maximum atomic E-state index is 11.8. The van der Waals surface area contributed by atoms with Gasteiger partial charge in [-0.3, -0.25) is 4.79 Å². The van der Waals surface area contributed by atoms with E-state index in [4.69, 9.17) is 5.73 Å². The summed E-state index contributed by atoms with van der Waals surface area (Å²) < 4.78 is 0. The molecule has 104 valence electrons. The van der Waals surface area contributed by atoms with E-state index in [1.165, 1.54) is 11.8 Å². The van der Waals surface area contributed by atoms with Crippen LogP contribution in [-0.2, 0) is 4.79 Å². The Bertz CT molecular complexity index is 414. The summed E-state index contributed by atoms with van der Waals surface area (Å²) in [6, 6.07) is 7.47. The highest BCUT2D eigenvalue weighted by Gasteiger charge is 2.19. The average molecular weight is 280 g/mol. The van der Waals surface area contributed by atoms with E-state index >= 15 is 0 Å². The van der Waals surface area contributed by atoms with Crippen LogP contribution in [0.2, 0.25) is 0 Å². The number of phenolic OH excluding ortho intramolecular Hbond substituents is 1. The first-order chi connectivity index (χ1) is 9.13. The lowest BCUT2D eigenvalue weighted by atomic mass is 9.92. The summed E-state index contributed by atoms with van der Waals surface area (Å²) in [5, 5.41) is 12.2. The monoisotopic (exact) mass is 280 g/mol. The van der Waals surface area contributed by atoms with E-state index in [2.05, 4.69) is 5.32 Å². The number of carbonyl (C=O) groups is 1. The Morgan fingerprint density at radius 1 is 1.26 bits per heavy atom. The Morgan fingerprint density at radius 3 is 2.53 bits per heavy atom. The van der Waals surface area contributed by atoms with Gasteiger partial charge in [0.15, 0.2) is 0 Å². The lowest BCUT2D eigenvalue weighted by molar-refractivity contribution is -0.119. The predicted octanol–water partition coefficient (Wildman–Crippen LogP) is 1.87. The van der Waals surface area contributed by atoms with Crippen LogP contribution in [0.4, 0.5) is 0 Å². The fourth-order valence-corrected chi connectivity index (χ4v) is 2.93. The number of hydrogen-bond acceptors (Lipinski definition) is 4. The zero-order chi connectivity index (χ0) is 13.7. The Morgan fingerprint density at radius 2 is 1.89 bits per heavy atom. The van der Waals surface area contributed by atoms with Gasteiger partial charge in [0, 0.05) is 17.0 Å². The van der Waals surface area contributed by atoms with E-state index in [1.54, 1.807) is 12.1 Å². The molecule has 1 aromatic rings. The van der Waals surface area contributed by atoms with Crippen LogP contribution in [0.15, 0.2) is 29.2 Å². The van der Waals surface area contributed by atoms with E-state index in [0.29, 0.717) is 11.8 Å². The SMILES string of the molecule is NC1CCC(NC(=O)CSc2ccc(O)cc2)CC1. The van der Waals surface area contributed by atoms with Crippen LogP contribution in [0.3, 0.4) is 0 Å². The minimum absolute atomic E-state index is 0.0681. The molecular formula is C14H20N2O2S. The highest BCUT2D eigenvalue weighted by atomic mass is 32.2. The second kappa shape index (κ2) is 6.82. The molecule has 0 heterocycles. The second-order valence-corrected chi connectivity index (χ2v) is 6.01. The number of phenols is 1. The molecule has 0 radical (unpaired) electrons. The predicted molar refractivity (Wildman–Crippen MR) is 77.2 cm³/mol. The molecule has 0 unspecified atom stereocenters. The molecule has 4 N–H and O–H groups in total. The average Bonchev–Trinajstić information content (AvgIpc) is 2.41. The minimum Gasteiger partial charge on any atom is -0.508 e. The van der Waals surface area contributed by atoms with Gasteiger partial charge in [0.1, 0.15) is 5.75 Å². The fraction of sp³-hybridized carbons (Fsp3) is 0.500. The summed E-state index contributed by atoms with van der Waals surface area (Å²) >= 11 is 1.48. The third-order valence-electron chi connectivity index (χ3n) is 3.34. The van der Waals surface area contributed by atoms with Crippen molar-refractivity contribution >= 4 is 17.7 Å². The van der Waals surface area contributed by atoms with Crippen molar-refractivity contribution in [2.45, 2.75) is 42.7 Å². The maximum Gasteiger partial charge on any atom is 0.230 e. The molecule has 0 bridgehead atoms. The van der Waals surface area contributed by atoms with Gasteiger partial charge in [-0.15, -0.1) is 11.8 Å². The number of hydrogen-bond donors (Lipinski definition) is 3. The van der Waals surface area contributed by atoms with Gasteiger partial charge in [-0.1, -0.05) is 0 Å². The van der Waals surface area contributed by atoms with Crippen molar-refractivity contribution in [2.24, 2.45) is 5.73 Å². The van der Waals surface area contributed by atoms with Gasteiger partial charge in [0.2, 0.25) is 5.91 Å². The van der Waals surface area contributed by atoms with Crippen LogP contribution in [0.1, 0.15) is 25.7 Å². The zero-order valence-corrected chi connectivity index (χ0v) is 11.7. The molecule has 1 aromatic carbocycles. The fourth-order valence-electron chi connectivity index (χ4n) is 2.22. The molecule has 0 spiro atoms. The molecule has 0 aliphatic heterocycles. The topological polar surface area (TPSA) is 75.3 Å². The molecule has 1 amide bonds. The first kappa shape index (κ1) is 14.2. The van der Waals surface area contributed by atoms with Crippen molar-refractivity contribution in [3.05, 3.63) is 24.3 Å². The first-order valence-corrected chi connectivity index (χ1v) is 7.59. The van der Waals surface area contributed by atoms with E-state index < -0.39 is 0 Å². The number of rotatable bonds is 4. The molecule has 0 atom stereocenters. The smallest absolute Gasteiger partial charge is 0.230 e. The summed E-state index contributed by atoms with van der Waals surface area (Å²) in [6.45, 7) is 0. The molecule has 19 heavy (non-hydrogen) atoms. The summed E-state index contributed by atoms with van der Waals surface area (Å²) in [5.41, 5.74) is 5.84. The number of amides is 1. The molecule has 0 aromatic heterocycles. The van der Waals surface area contributed by atoms with Gasteiger partial charge in [0.25, 0.3) is 0 Å². The molecule has 1 aliphatic rings. The van der Waals surface area contributed by atoms with Crippen LogP contribution < -0.4 is 11.1 Å². The van der Waals surface area contributed by atoms with E-state index in [9.17, 15) is 9.90 Å². The molecule has 4 nitrogen and oxygen atoms in total. The van der Waals surface area contributed by atoms with Crippen LogP contribution >= 0.6 is 11.8 Å². The highest BCUT2D eigenvalue weighted by Crippen LogP contribution is 2.21. The maximum absolute atomic E-state index is 11.8. The van der Waals surface area contributed by atoms with Crippen molar-refractivity contribution in [3.8, 4) is 5.75 Å². The van der Waals surface area contributed by atoms with Crippen LogP contribution in [-0.4, -0.2) is 28.9 Å². The summed E-state index contributed by atoms with van der Waals surface area (Å²) in [7, 11) is 0. The van der Waals surface area contributed by atoms with E-state index in [0.717, 1.165) is 30.6 Å². The Balaban J connectivity index is 1.71. The van der Waals surface area contributed by atoms with Crippen LogP contribution in [0, 0.1) is 0 Å². The quantitative estimate of drug-likeness (QED) is 0.736. The van der Waals surface area contributed by atoms with Gasteiger partial charge in [-0.2, -0.15) is 0 Å². The van der Waals surface area contributed by atoms with Crippen LogP contribution in [0.5, 0.6) is 5.75 Å². The lowest BCUT2D eigenvalue weighted by Crippen LogP contribution is -2.41. The molecule has 0 saturated heterocycles. The van der Waals surface area contributed by atoms with Gasteiger partial charge >= 0.3 is 0 Å². The molecule has 1 fully saturated rings. The Kier molecular flexibility index (Phi) is 5.10. The van der Waals surface area contributed by atoms with Crippen molar-refractivity contribution in [1.29, 1.82) is 0 Å². The minimum atomic E-state index is 0.0681. The molecule has 1 aliphatic carbocycles. The zero-order valence-electron chi connectivity index (χ0n) is 10.8. The normalized spacial score (nSPS) is 23.0. The van der Waals surface area contributed by atoms with Crippen molar-refractivity contribution in [2.75, 3.05) is 5.75 Å². The molecule has 2 rings (SSSR count). The van der Waals surface area contributed by atoms with E-state index in [-0.39, 0.29) is 17.7 Å². The molecule has 5 heteroatoms. The van der Waals surface area contributed by atoms with Gasteiger partial charge in [0.05, 0.1) is 5.75 Å². The van der Waals surface area contributed by atoms with Crippen molar-refractivity contribution in [3.63, 3.8) is 0 Å². The van der Waals surface area contributed by atoms with Crippen LogP contribution in [0.25, 0.3) is 0 Å². The van der Waals surface area contributed by atoms with Crippen molar-refractivity contribution < 1.29 is 9.90 Å². The number of nitrogens with one attached hydrogen (secondary N) is 1. The lowest BCUT2D eigenvalue weighted by Gasteiger charge is -2.26. The third-order valence-corrected chi connectivity index (χ3v) is 4.36. The van der Waals surface area contributed by atoms with Gasteiger partial charge in [-0.05, 0) is 49.9 Å². The number of benzene rings is 1. The van der Waals surface area contributed by atoms with E-state index in [1.807, 2.05) is 12.1 Å². The van der Waals surface area contributed by atoms with Crippen molar-refractivity contribution in [1.82, 2.24) is 5.32 Å². The van der Waals surface area contributed by atoms with Gasteiger partial charge in [-0.25, -0.2) is 0 Å². The third kappa shape index (κ3) is 4.76. The standard InChI is InChI=1S/C14H20N2O2S/c15-10-1-3-11(4-2-10)16-14(18)9-19-13-7-5-12(17)6-8-13/h5-8,10-11,17H,1-4,9,15H2,(H,16,18). The second-order valence-electron chi connectivity index (χ2n) is 4.96. The molecule has 1 saturated carbocycles. The number of nitrogens with two attached hydrogens (primary N) is 1. The highest BCUT2D eigenvalue weighted by molar-refractivity contribution is 8.00. The summed E-state index contributed by atoms with van der Waals surface area (Å²) in [4.78, 5) is 12.8. The Labute approximate surface area is 117 Å². The first-order valence-electron chi connectivity index (χ1n) is 6.60. The number of carbonyl (C=O) groups excluding carboxylic acids is 1. The largest absolute Gasteiger partial charge is 0.508 e. The number of aromatic hydroxyl groups is 1. The summed E-state index contributed by atoms with van der Waals surface area (Å²) in [5.74, 6) is 0.721. The Hall–Kier alpha value is -1.20. The summed E-state index contributed by atoms with van der Waals surface area (Å²) in [6.07, 6.45) is 3.96. The number of thioether (sulfide) groups is 1. The van der Waals surface area contributed by atoms with Gasteiger partial charge < -0.3 is 16.2 Å². The molecular weight excluding hydrogens is 260 g/mol.